The maximum absolute atomic E-state index is 12.9. The quantitative estimate of drug-likeness (QED) is 0.854. The normalized spacial score (nSPS) is 18.3. The zero-order valence-electron chi connectivity index (χ0n) is 13.7. The number of sulfonamides is 1. The summed E-state index contributed by atoms with van der Waals surface area (Å²) in [4.78, 5) is 2.50. The van der Waals surface area contributed by atoms with Gasteiger partial charge in [0.1, 0.15) is 0 Å². The SMILES string of the molecule is C[C@@H](C#N)CN1CCN(S(=O)(=O)c2ccc3ccccc3c2)CC1. The standard InChI is InChI=1S/C18H21N3O2S/c1-15(13-19)14-20-8-10-21(11-9-20)24(22,23)18-7-6-16-4-2-3-5-17(16)12-18/h2-7,12,15H,8-11,14H2,1H3/t15-/m0/s1. The molecule has 0 N–H and O–H groups in total. The van der Waals surface area contributed by atoms with Gasteiger partial charge in [0.2, 0.25) is 10.0 Å². The van der Waals surface area contributed by atoms with Crippen molar-refractivity contribution in [3.8, 4) is 6.07 Å². The topological polar surface area (TPSA) is 64.4 Å². The molecular formula is C18H21N3O2S. The van der Waals surface area contributed by atoms with Crippen molar-refractivity contribution in [1.82, 2.24) is 9.21 Å². The lowest BCUT2D eigenvalue weighted by Crippen LogP contribution is -2.49. The highest BCUT2D eigenvalue weighted by Crippen LogP contribution is 2.23. The summed E-state index contributed by atoms with van der Waals surface area (Å²) < 4.78 is 27.3. The molecule has 2 aromatic rings. The molecule has 0 spiro atoms. The summed E-state index contributed by atoms with van der Waals surface area (Å²) >= 11 is 0. The molecule has 1 atom stereocenters. The molecule has 1 fully saturated rings. The van der Waals surface area contributed by atoms with Gasteiger partial charge >= 0.3 is 0 Å². The van der Waals surface area contributed by atoms with E-state index >= 15 is 0 Å². The first-order valence-electron chi connectivity index (χ1n) is 8.11. The predicted molar refractivity (Wildman–Crippen MR) is 93.9 cm³/mol. The lowest BCUT2D eigenvalue weighted by atomic mass is 10.1. The number of rotatable bonds is 4. The highest BCUT2D eigenvalue weighted by molar-refractivity contribution is 7.89. The minimum absolute atomic E-state index is 0.0337. The van der Waals surface area contributed by atoms with Gasteiger partial charge in [0.15, 0.2) is 0 Å². The molecular weight excluding hydrogens is 322 g/mol. The summed E-state index contributed by atoms with van der Waals surface area (Å²) in [6.07, 6.45) is 0. The molecule has 3 rings (SSSR count). The molecule has 24 heavy (non-hydrogen) atoms. The minimum Gasteiger partial charge on any atom is -0.299 e. The minimum atomic E-state index is -3.47. The molecule has 1 saturated heterocycles. The van der Waals surface area contributed by atoms with Gasteiger partial charge in [-0.15, -0.1) is 0 Å². The molecule has 0 amide bonds. The van der Waals surface area contributed by atoms with Crippen LogP contribution in [0.4, 0.5) is 0 Å². The number of benzene rings is 2. The Hall–Kier alpha value is -1.94. The van der Waals surface area contributed by atoms with E-state index in [1.54, 1.807) is 16.4 Å². The molecule has 6 heteroatoms. The van der Waals surface area contributed by atoms with Crippen LogP contribution in [0.25, 0.3) is 10.8 Å². The number of nitrogens with zero attached hydrogens (tertiary/aromatic N) is 3. The Labute approximate surface area is 143 Å². The second kappa shape index (κ2) is 6.89. The van der Waals surface area contributed by atoms with E-state index in [0.717, 1.165) is 10.8 Å². The summed E-state index contributed by atoms with van der Waals surface area (Å²) in [5.41, 5.74) is 0. The summed E-state index contributed by atoms with van der Waals surface area (Å²) in [6.45, 7) is 4.84. The summed E-state index contributed by atoms with van der Waals surface area (Å²) in [7, 11) is -3.47. The smallest absolute Gasteiger partial charge is 0.243 e. The van der Waals surface area contributed by atoms with E-state index in [4.69, 9.17) is 5.26 Å². The molecule has 0 saturated carbocycles. The highest BCUT2D eigenvalue weighted by Gasteiger charge is 2.28. The number of hydrogen-bond acceptors (Lipinski definition) is 4. The molecule has 0 aromatic heterocycles. The zero-order chi connectivity index (χ0) is 17.2. The lowest BCUT2D eigenvalue weighted by molar-refractivity contribution is 0.178. The largest absolute Gasteiger partial charge is 0.299 e. The van der Waals surface area contributed by atoms with Crippen molar-refractivity contribution in [2.24, 2.45) is 5.92 Å². The zero-order valence-corrected chi connectivity index (χ0v) is 14.5. The van der Waals surface area contributed by atoms with Gasteiger partial charge in [0.25, 0.3) is 0 Å². The average Bonchev–Trinajstić information content (AvgIpc) is 2.61. The van der Waals surface area contributed by atoms with Crippen molar-refractivity contribution >= 4 is 20.8 Å². The van der Waals surface area contributed by atoms with Gasteiger partial charge in [0.05, 0.1) is 16.9 Å². The third-order valence-electron chi connectivity index (χ3n) is 4.44. The van der Waals surface area contributed by atoms with Crippen LogP contribution in [0.15, 0.2) is 47.4 Å². The van der Waals surface area contributed by atoms with Crippen LogP contribution in [-0.4, -0.2) is 50.3 Å². The molecule has 5 nitrogen and oxygen atoms in total. The molecule has 1 aliphatic heterocycles. The molecule has 0 bridgehead atoms. The maximum atomic E-state index is 12.9. The van der Waals surface area contributed by atoms with Gasteiger partial charge in [-0.05, 0) is 29.8 Å². The average molecular weight is 343 g/mol. The fourth-order valence-corrected chi connectivity index (χ4v) is 4.52. The van der Waals surface area contributed by atoms with Gasteiger partial charge < -0.3 is 0 Å². The Balaban J connectivity index is 1.75. The van der Waals surface area contributed by atoms with Crippen LogP contribution < -0.4 is 0 Å². The van der Waals surface area contributed by atoms with Gasteiger partial charge in [-0.25, -0.2) is 8.42 Å². The molecule has 0 radical (unpaired) electrons. The molecule has 126 valence electrons. The molecule has 1 aliphatic rings. The van der Waals surface area contributed by atoms with Crippen molar-refractivity contribution in [2.45, 2.75) is 11.8 Å². The Morgan fingerprint density at radius 1 is 1.08 bits per heavy atom. The molecule has 1 heterocycles. The van der Waals surface area contributed by atoms with Gasteiger partial charge in [-0.3, -0.25) is 4.90 Å². The fourth-order valence-electron chi connectivity index (χ4n) is 3.06. The van der Waals surface area contributed by atoms with Crippen LogP contribution in [0, 0.1) is 17.2 Å². The Kier molecular flexibility index (Phi) is 4.86. The van der Waals surface area contributed by atoms with Crippen molar-refractivity contribution < 1.29 is 8.42 Å². The Bertz CT molecular complexity index is 865. The van der Waals surface area contributed by atoms with E-state index in [1.165, 1.54) is 0 Å². The molecule has 2 aromatic carbocycles. The highest BCUT2D eigenvalue weighted by atomic mass is 32.2. The van der Waals surface area contributed by atoms with Crippen LogP contribution in [0.1, 0.15) is 6.92 Å². The van der Waals surface area contributed by atoms with Gasteiger partial charge in [0, 0.05) is 32.7 Å². The number of hydrogen-bond donors (Lipinski definition) is 0. The number of nitriles is 1. The molecule has 0 unspecified atom stereocenters. The monoisotopic (exact) mass is 343 g/mol. The van der Waals surface area contributed by atoms with Crippen LogP contribution >= 0.6 is 0 Å². The summed E-state index contributed by atoms with van der Waals surface area (Å²) in [5, 5.41) is 10.9. The third kappa shape index (κ3) is 3.44. The van der Waals surface area contributed by atoms with E-state index in [2.05, 4.69) is 11.0 Å². The van der Waals surface area contributed by atoms with Crippen molar-refractivity contribution in [1.29, 1.82) is 5.26 Å². The number of fused-ring (bicyclic) bond motifs is 1. The molecule has 0 aliphatic carbocycles. The predicted octanol–water partition coefficient (Wildman–Crippen LogP) is 2.31. The first-order chi connectivity index (χ1) is 11.5. The van der Waals surface area contributed by atoms with Crippen LogP contribution in [0.5, 0.6) is 0 Å². The van der Waals surface area contributed by atoms with Gasteiger partial charge in [-0.1, -0.05) is 30.3 Å². The van der Waals surface area contributed by atoms with Crippen LogP contribution in [-0.2, 0) is 10.0 Å². The summed E-state index contributed by atoms with van der Waals surface area (Å²) in [6, 6.07) is 15.3. The lowest BCUT2D eigenvalue weighted by Gasteiger charge is -2.34. The van der Waals surface area contributed by atoms with Crippen molar-refractivity contribution in [3.63, 3.8) is 0 Å². The third-order valence-corrected chi connectivity index (χ3v) is 6.34. The first kappa shape index (κ1) is 16.9. The summed E-state index contributed by atoms with van der Waals surface area (Å²) in [5.74, 6) is -0.0337. The Morgan fingerprint density at radius 2 is 1.75 bits per heavy atom. The maximum Gasteiger partial charge on any atom is 0.243 e. The van der Waals surface area contributed by atoms with Crippen LogP contribution in [0.3, 0.4) is 0 Å². The second-order valence-corrected chi connectivity index (χ2v) is 8.18. The van der Waals surface area contributed by atoms with E-state index in [1.807, 2.05) is 37.3 Å². The first-order valence-corrected chi connectivity index (χ1v) is 9.55. The van der Waals surface area contributed by atoms with Crippen molar-refractivity contribution in [2.75, 3.05) is 32.7 Å². The van der Waals surface area contributed by atoms with Crippen molar-refractivity contribution in [3.05, 3.63) is 42.5 Å². The fraction of sp³-hybridized carbons (Fsp3) is 0.389. The van der Waals surface area contributed by atoms with Gasteiger partial charge in [-0.2, -0.15) is 9.57 Å². The van der Waals surface area contributed by atoms with E-state index < -0.39 is 10.0 Å². The van der Waals surface area contributed by atoms with E-state index in [9.17, 15) is 8.42 Å². The van der Waals surface area contributed by atoms with Crippen LogP contribution in [0.2, 0.25) is 0 Å². The number of piperazine rings is 1. The Morgan fingerprint density at radius 3 is 2.42 bits per heavy atom. The van der Waals surface area contributed by atoms with E-state index in [-0.39, 0.29) is 5.92 Å². The van der Waals surface area contributed by atoms with E-state index in [0.29, 0.717) is 37.6 Å². The second-order valence-electron chi connectivity index (χ2n) is 6.24.